The normalized spacial score (nSPS) is 12.3. The van der Waals surface area contributed by atoms with E-state index in [0.717, 1.165) is 0 Å². The Kier molecular flexibility index (Phi) is 6.23. The maximum absolute atomic E-state index is 14.5. The van der Waals surface area contributed by atoms with Gasteiger partial charge in [-0.3, -0.25) is 9.52 Å². The molecule has 1 unspecified atom stereocenters. The van der Waals surface area contributed by atoms with Crippen molar-refractivity contribution < 1.29 is 22.5 Å². The molecule has 0 aliphatic heterocycles. The molecule has 0 saturated heterocycles. The Labute approximate surface area is 176 Å². The molecule has 9 heteroatoms. The molecule has 0 saturated carbocycles. The minimum atomic E-state index is -1.78. The number of hydrogen-bond acceptors (Lipinski definition) is 5. The fourth-order valence-corrected chi connectivity index (χ4v) is 3.46. The number of carbonyl (C=O) groups excluding carboxylic acids is 1. The van der Waals surface area contributed by atoms with Gasteiger partial charge in [-0.25, -0.2) is 8.60 Å². The molecule has 1 amide bonds. The molecule has 0 radical (unpaired) electrons. The molecule has 158 valence electrons. The molecule has 0 fully saturated rings. The fraction of sp³-hybridized carbons (Fsp3) is 0.190. The summed E-state index contributed by atoms with van der Waals surface area (Å²) in [7, 11) is -0.318. The zero-order valence-corrected chi connectivity index (χ0v) is 17.5. The summed E-state index contributed by atoms with van der Waals surface area (Å²) in [6.07, 6.45) is 2.88. The second-order valence-electron chi connectivity index (χ2n) is 7.12. The van der Waals surface area contributed by atoms with Gasteiger partial charge in [0.05, 0.1) is 35.8 Å². The topological polar surface area (TPSA) is 107 Å². The maximum Gasteiger partial charge on any atom is 0.243 e. The number of amides is 1. The predicted octanol–water partition coefficient (Wildman–Crippen LogP) is 3.90. The van der Waals surface area contributed by atoms with Gasteiger partial charge in [0, 0.05) is 16.8 Å². The second kappa shape index (κ2) is 8.68. The highest BCUT2D eigenvalue weighted by atomic mass is 32.2. The third-order valence-electron chi connectivity index (χ3n) is 4.23. The lowest BCUT2D eigenvalue weighted by molar-refractivity contribution is -0.120. The van der Waals surface area contributed by atoms with Gasteiger partial charge in [-0.05, 0) is 50.2 Å². The van der Waals surface area contributed by atoms with Crippen LogP contribution in [0.15, 0.2) is 64.3 Å². The summed E-state index contributed by atoms with van der Waals surface area (Å²) in [6, 6.07) is 10.7. The summed E-state index contributed by atoms with van der Waals surface area (Å²) >= 11 is 0. The molecule has 1 heterocycles. The van der Waals surface area contributed by atoms with E-state index in [0.29, 0.717) is 28.3 Å². The Morgan fingerprint density at radius 1 is 1.20 bits per heavy atom. The van der Waals surface area contributed by atoms with Crippen LogP contribution in [0.2, 0.25) is 0 Å². The molecule has 0 spiro atoms. The highest BCUT2D eigenvalue weighted by molar-refractivity contribution is 7.86. The number of anilines is 2. The average molecular weight is 431 g/mol. The molecule has 2 aromatic carbocycles. The Morgan fingerprint density at radius 2 is 1.97 bits per heavy atom. The lowest BCUT2D eigenvalue weighted by Gasteiger charge is -2.19. The molecule has 30 heavy (non-hydrogen) atoms. The van der Waals surface area contributed by atoms with Crippen molar-refractivity contribution in [1.29, 1.82) is 0 Å². The summed E-state index contributed by atoms with van der Waals surface area (Å²) in [6.45, 7) is 3.17. The van der Waals surface area contributed by atoms with Crippen LogP contribution in [-0.2, 0) is 15.8 Å². The Balaban J connectivity index is 1.82. The zero-order chi connectivity index (χ0) is 21.9. The molecule has 1 atom stereocenters. The largest absolute Gasteiger partial charge is 0.495 e. The van der Waals surface area contributed by atoms with Gasteiger partial charge in [0.2, 0.25) is 5.91 Å². The van der Waals surface area contributed by atoms with Crippen LogP contribution in [-0.4, -0.2) is 22.8 Å². The van der Waals surface area contributed by atoms with E-state index >= 15 is 0 Å². The van der Waals surface area contributed by atoms with Crippen molar-refractivity contribution in [2.24, 2.45) is 5.73 Å². The van der Waals surface area contributed by atoms with Crippen LogP contribution >= 0.6 is 0 Å². The van der Waals surface area contributed by atoms with Gasteiger partial charge in [-0.1, -0.05) is 6.07 Å². The third kappa shape index (κ3) is 4.87. The van der Waals surface area contributed by atoms with E-state index in [9.17, 15) is 13.4 Å². The summed E-state index contributed by atoms with van der Waals surface area (Å²) in [5.74, 6) is -0.498. The van der Waals surface area contributed by atoms with Crippen LogP contribution in [0, 0.1) is 5.82 Å². The first kappa shape index (κ1) is 21.5. The van der Waals surface area contributed by atoms with Crippen LogP contribution in [0.25, 0.3) is 11.1 Å². The molecule has 4 N–H and O–H groups in total. The number of furan rings is 1. The first-order valence-corrected chi connectivity index (χ1v) is 10.1. The van der Waals surface area contributed by atoms with Gasteiger partial charge >= 0.3 is 0 Å². The summed E-state index contributed by atoms with van der Waals surface area (Å²) in [4.78, 5) is 12.3. The fourth-order valence-electron chi connectivity index (χ4n) is 2.58. The molecular formula is C21H22FN3O4S. The maximum atomic E-state index is 14.5. The number of carbonyl (C=O) groups is 1. The van der Waals surface area contributed by atoms with Crippen molar-refractivity contribution in [2.45, 2.75) is 24.3 Å². The van der Waals surface area contributed by atoms with E-state index < -0.39 is 22.3 Å². The molecule has 7 nitrogen and oxygen atoms in total. The molecular weight excluding hydrogens is 409 g/mol. The predicted molar refractivity (Wildman–Crippen MR) is 114 cm³/mol. The van der Waals surface area contributed by atoms with Crippen molar-refractivity contribution in [1.82, 2.24) is 0 Å². The first-order chi connectivity index (χ1) is 14.2. The molecule has 0 bridgehead atoms. The van der Waals surface area contributed by atoms with Gasteiger partial charge in [-0.2, -0.15) is 0 Å². The number of ether oxygens (including phenoxy) is 1. The molecule has 3 aromatic rings. The quantitative estimate of drug-likeness (QED) is 0.526. The molecule has 1 aromatic heterocycles. The molecule has 3 rings (SSSR count). The average Bonchev–Trinajstić information content (AvgIpc) is 3.22. The minimum absolute atomic E-state index is 0.235. The lowest BCUT2D eigenvalue weighted by Crippen LogP contribution is -2.45. The minimum Gasteiger partial charge on any atom is -0.495 e. The SMILES string of the molecule is COc1ccc(NC(=O)C(C)(C)N)cc1NS(=O)c1ccc(-c2ccoc2)c(F)c1. The van der Waals surface area contributed by atoms with E-state index in [4.69, 9.17) is 14.9 Å². The highest BCUT2D eigenvalue weighted by Crippen LogP contribution is 2.30. The number of benzene rings is 2. The zero-order valence-electron chi connectivity index (χ0n) is 16.7. The summed E-state index contributed by atoms with van der Waals surface area (Å²) < 4.78 is 40.3. The van der Waals surface area contributed by atoms with Crippen LogP contribution in [0.1, 0.15) is 13.8 Å². The van der Waals surface area contributed by atoms with Gasteiger partial charge in [0.15, 0.2) is 0 Å². The standard InChI is InChI=1S/C21H22FN3O4S/c1-21(2,23)20(26)24-14-4-7-19(28-3)18(10-14)25-30(27)15-5-6-16(17(22)11-15)13-8-9-29-12-13/h4-12,25H,23H2,1-3H3,(H,24,26). The van der Waals surface area contributed by atoms with Crippen molar-refractivity contribution in [2.75, 3.05) is 17.1 Å². The van der Waals surface area contributed by atoms with E-state index in [1.165, 1.54) is 31.8 Å². The van der Waals surface area contributed by atoms with Gasteiger partial charge in [0.25, 0.3) is 0 Å². The number of hydrogen-bond donors (Lipinski definition) is 3. The molecule has 0 aliphatic carbocycles. The lowest BCUT2D eigenvalue weighted by atomic mass is 10.1. The number of nitrogens with two attached hydrogens (primary N) is 1. The third-order valence-corrected chi connectivity index (χ3v) is 5.32. The van der Waals surface area contributed by atoms with E-state index in [1.807, 2.05) is 0 Å². The second-order valence-corrected chi connectivity index (χ2v) is 8.33. The molecule has 0 aliphatic rings. The first-order valence-electron chi connectivity index (χ1n) is 8.98. The van der Waals surface area contributed by atoms with E-state index in [-0.39, 0.29) is 10.8 Å². The van der Waals surface area contributed by atoms with Gasteiger partial charge in [0.1, 0.15) is 22.6 Å². The summed E-state index contributed by atoms with van der Waals surface area (Å²) in [5.41, 5.74) is 6.47. The van der Waals surface area contributed by atoms with Gasteiger partial charge in [-0.15, -0.1) is 0 Å². The van der Waals surface area contributed by atoms with E-state index in [2.05, 4.69) is 10.0 Å². The number of halogens is 1. The Morgan fingerprint density at radius 3 is 2.57 bits per heavy atom. The van der Waals surface area contributed by atoms with Crippen LogP contribution in [0.3, 0.4) is 0 Å². The Bertz CT molecular complexity index is 1080. The highest BCUT2D eigenvalue weighted by Gasteiger charge is 2.22. The smallest absolute Gasteiger partial charge is 0.243 e. The Hall–Kier alpha value is -3.17. The van der Waals surface area contributed by atoms with Crippen LogP contribution < -0.4 is 20.5 Å². The van der Waals surface area contributed by atoms with Crippen LogP contribution in [0.5, 0.6) is 5.75 Å². The summed E-state index contributed by atoms with van der Waals surface area (Å²) in [5, 5.41) is 2.69. The van der Waals surface area contributed by atoms with Crippen molar-refractivity contribution in [3.05, 3.63) is 60.8 Å². The van der Waals surface area contributed by atoms with Crippen molar-refractivity contribution >= 4 is 28.3 Å². The van der Waals surface area contributed by atoms with Crippen molar-refractivity contribution in [3.8, 4) is 16.9 Å². The number of methoxy groups -OCH3 is 1. The number of rotatable bonds is 7. The number of nitrogens with one attached hydrogen (secondary N) is 2. The van der Waals surface area contributed by atoms with Crippen LogP contribution in [0.4, 0.5) is 15.8 Å². The monoisotopic (exact) mass is 431 g/mol. The van der Waals surface area contributed by atoms with Gasteiger partial charge < -0.3 is 20.2 Å². The van der Waals surface area contributed by atoms with Crippen molar-refractivity contribution in [3.63, 3.8) is 0 Å². The van der Waals surface area contributed by atoms with E-state index in [1.54, 1.807) is 44.2 Å².